The molecule has 3 heterocycles. The second-order valence-corrected chi connectivity index (χ2v) is 7.26. The number of amides is 1. The molecular formula is C20H28N2O3. The van der Waals surface area contributed by atoms with E-state index < -0.39 is 0 Å². The molecule has 2 saturated heterocycles. The Labute approximate surface area is 149 Å². The van der Waals surface area contributed by atoms with Crippen LogP contribution in [0, 0.1) is 0 Å². The number of hydrogen-bond donors (Lipinski definition) is 0. The molecule has 25 heavy (non-hydrogen) atoms. The Hall–Kier alpha value is -1.75. The standard InChI is InChI=1S/C20H28N2O3/c1-2-21-10-3-6-16(21)17-7-4-11-22(17)20(23)15-8-9-18-19(14-15)25-13-5-12-24-18/h8-9,14,16-17H,2-7,10-13H2,1H3/t16-,17-/m0/s1. The molecule has 1 aromatic carbocycles. The average Bonchev–Trinajstić information content (AvgIpc) is 3.24. The van der Waals surface area contributed by atoms with Crippen LogP contribution in [-0.4, -0.2) is 60.6 Å². The van der Waals surface area contributed by atoms with E-state index in [-0.39, 0.29) is 5.91 Å². The van der Waals surface area contributed by atoms with E-state index in [2.05, 4.69) is 16.7 Å². The number of ether oxygens (including phenoxy) is 2. The van der Waals surface area contributed by atoms with Crippen molar-refractivity contribution in [2.45, 2.75) is 51.1 Å². The number of carbonyl (C=O) groups excluding carboxylic acids is 1. The number of fused-ring (bicyclic) bond motifs is 1. The SMILES string of the molecule is CCN1CCC[C@H]1[C@@H]1CCCN1C(=O)c1ccc2c(c1)OCCCO2. The van der Waals surface area contributed by atoms with Crippen LogP contribution in [0.15, 0.2) is 18.2 Å². The van der Waals surface area contributed by atoms with Gasteiger partial charge < -0.3 is 14.4 Å². The molecule has 3 aliphatic rings. The van der Waals surface area contributed by atoms with Gasteiger partial charge in [0.05, 0.1) is 13.2 Å². The molecular weight excluding hydrogens is 316 g/mol. The number of benzene rings is 1. The number of hydrogen-bond acceptors (Lipinski definition) is 4. The molecule has 5 nitrogen and oxygen atoms in total. The third-order valence-corrected chi connectivity index (χ3v) is 5.82. The van der Waals surface area contributed by atoms with Gasteiger partial charge in [0.15, 0.2) is 11.5 Å². The summed E-state index contributed by atoms with van der Waals surface area (Å²) in [6.45, 7) is 6.65. The van der Waals surface area contributed by atoms with Gasteiger partial charge in [-0.15, -0.1) is 0 Å². The molecule has 4 rings (SSSR count). The zero-order valence-electron chi connectivity index (χ0n) is 15.1. The summed E-state index contributed by atoms with van der Waals surface area (Å²) in [5.41, 5.74) is 0.720. The first-order chi connectivity index (χ1) is 12.3. The van der Waals surface area contributed by atoms with Gasteiger partial charge >= 0.3 is 0 Å². The minimum Gasteiger partial charge on any atom is -0.490 e. The molecule has 0 unspecified atom stereocenters. The first-order valence-corrected chi connectivity index (χ1v) is 9.72. The molecule has 3 aliphatic heterocycles. The van der Waals surface area contributed by atoms with Crippen molar-refractivity contribution < 1.29 is 14.3 Å². The molecule has 0 radical (unpaired) electrons. The number of likely N-dealkylation sites (N-methyl/N-ethyl adjacent to an activating group) is 1. The summed E-state index contributed by atoms with van der Waals surface area (Å²) >= 11 is 0. The normalized spacial score (nSPS) is 26.7. The third kappa shape index (κ3) is 3.22. The fourth-order valence-corrected chi connectivity index (χ4v) is 4.59. The van der Waals surface area contributed by atoms with Gasteiger partial charge in [-0.3, -0.25) is 9.69 Å². The van der Waals surface area contributed by atoms with Crippen LogP contribution in [0.1, 0.15) is 49.4 Å². The van der Waals surface area contributed by atoms with Gasteiger partial charge in [0.1, 0.15) is 0 Å². The maximum atomic E-state index is 13.2. The Morgan fingerprint density at radius 1 is 1.04 bits per heavy atom. The summed E-state index contributed by atoms with van der Waals surface area (Å²) in [6.07, 6.45) is 5.57. The second kappa shape index (κ2) is 7.24. The second-order valence-electron chi connectivity index (χ2n) is 7.26. The highest BCUT2D eigenvalue weighted by Crippen LogP contribution is 2.34. The number of carbonyl (C=O) groups is 1. The van der Waals surface area contributed by atoms with Crippen molar-refractivity contribution in [2.24, 2.45) is 0 Å². The maximum Gasteiger partial charge on any atom is 0.254 e. The monoisotopic (exact) mass is 344 g/mol. The maximum absolute atomic E-state index is 13.2. The summed E-state index contributed by atoms with van der Waals surface area (Å²) in [4.78, 5) is 17.8. The third-order valence-electron chi connectivity index (χ3n) is 5.82. The highest BCUT2D eigenvalue weighted by Gasteiger charge is 2.39. The van der Waals surface area contributed by atoms with Crippen molar-refractivity contribution >= 4 is 5.91 Å². The Kier molecular flexibility index (Phi) is 4.84. The summed E-state index contributed by atoms with van der Waals surface area (Å²) in [7, 11) is 0. The van der Waals surface area contributed by atoms with E-state index in [1.54, 1.807) is 0 Å². The average molecular weight is 344 g/mol. The smallest absolute Gasteiger partial charge is 0.254 e. The number of nitrogens with zero attached hydrogens (tertiary/aromatic N) is 2. The number of likely N-dealkylation sites (tertiary alicyclic amines) is 2. The van der Waals surface area contributed by atoms with Crippen molar-refractivity contribution in [3.05, 3.63) is 23.8 Å². The summed E-state index contributed by atoms with van der Waals surface area (Å²) in [6, 6.07) is 6.51. The topological polar surface area (TPSA) is 42.0 Å². The van der Waals surface area contributed by atoms with E-state index in [1.165, 1.54) is 19.4 Å². The van der Waals surface area contributed by atoms with Gasteiger partial charge in [0.2, 0.25) is 0 Å². The minimum absolute atomic E-state index is 0.140. The predicted molar refractivity (Wildman–Crippen MR) is 96.4 cm³/mol. The molecule has 2 fully saturated rings. The first-order valence-electron chi connectivity index (χ1n) is 9.72. The van der Waals surface area contributed by atoms with E-state index in [4.69, 9.17) is 9.47 Å². The van der Waals surface area contributed by atoms with Crippen molar-refractivity contribution in [3.63, 3.8) is 0 Å². The van der Waals surface area contributed by atoms with E-state index in [1.807, 2.05) is 18.2 Å². The molecule has 0 N–H and O–H groups in total. The Bertz CT molecular complexity index is 633. The predicted octanol–water partition coefficient (Wildman–Crippen LogP) is 2.94. The Morgan fingerprint density at radius 2 is 1.80 bits per heavy atom. The van der Waals surface area contributed by atoms with Crippen LogP contribution >= 0.6 is 0 Å². The van der Waals surface area contributed by atoms with E-state index in [9.17, 15) is 4.79 Å². The highest BCUT2D eigenvalue weighted by molar-refractivity contribution is 5.95. The molecule has 1 amide bonds. The molecule has 0 aliphatic carbocycles. The van der Waals surface area contributed by atoms with E-state index in [0.29, 0.717) is 31.0 Å². The quantitative estimate of drug-likeness (QED) is 0.845. The van der Waals surface area contributed by atoms with Crippen LogP contribution < -0.4 is 9.47 Å². The lowest BCUT2D eigenvalue weighted by molar-refractivity contribution is 0.0649. The lowest BCUT2D eigenvalue weighted by atomic mass is 10.0. The largest absolute Gasteiger partial charge is 0.490 e. The van der Waals surface area contributed by atoms with Crippen LogP contribution in [0.4, 0.5) is 0 Å². The van der Waals surface area contributed by atoms with Gasteiger partial charge in [-0.1, -0.05) is 6.92 Å². The van der Waals surface area contributed by atoms with Crippen molar-refractivity contribution in [1.29, 1.82) is 0 Å². The number of rotatable bonds is 3. The van der Waals surface area contributed by atoms with Gasteiger partial charge in [-0.25, -0.2) is 0 Å². The molecule has 2 atom stereocenters. The molecule has 0 aromatic heterocycles. The molecule has 0 saturated carbocycles. The lowest BCUT2D eigenvalue weighted by Crippen LogP contribution is -2.48. The van der Waals surface area contributed by atoms with Gasteiger partial charge in [-0.05, 0) is 57.0 Å². The van der Waals surface area contributed by atoms with E-state index in [0.717, 1.165) is 43.7 Å². The first kappa shape index (κ1) is 16.7. The zero-order chi connectivity index (χ0) is 17.2. The fraction of sp³-hybridized carbons (Fsp3) is 0.650. The van der Waals surface area contributed by atoms with Crippen LogP contribution in [0.2, 0.25) is 0 Å². The molecule has 0 spiro atoms. The Morgan fingerprint density at radius 3 is 2.64 bits per heavy atom. The minimum atomic E-state index is 0.140. The van der Waals surface area contributed by atoms with Crippen LogP contribution in [-0.2, 0) is 0 Å². The van der Waals surface area contributed by atoms with Crippen molar-refractivity contribution in [3.8, 4) is 11.5 Å². The fourth-order valence-electron chi connectivity index (χ4n) is 4.59. The lowest BCUT2D eigenvalue weighted by Gasteiger charge is -2.34. The van der Waals surface area contributed by atoms with Crippen LogP contribution in [0.5, 0.6) is 11.5 Å². The summed E-state index contributed by atoms with van der Waals surface area (Å²) in [5.74, 6) is 1.59. The van der Waals surface area contributed by atoms with Gasteiger partial charge in [0, 0.05) is 30.6 Å². The van der Waals surface area contributed by atoms with Gasteiger partial charge in [-0.2, -0.15) is 0 Å². The molecule has 1 aromatic rings. The molecule has 5 heteroatoms. The van der Waals surface area contributed by atoms with Crippen molar-refractivity contribution in [1.82, 2.24) is 9.80 Å². The van der Waals surface area contributed by atoms with Crippen molar-refractivity contribution in [2.75, 3.05) is 32.8 Å². The summed E-state index contributed by atoms with van der Waals surface area (Å²) < 4.78 is 11.4. The zero-order valence-corrected chi connectivity index (χ0v) is 15.1. The van der Waals surface area contributed by atoms with Crippen LogP contribution in [0.3, 0.4) is 0 Å². The highest BCUT2D eigenvalue weighted by atomic mass is 16.5. The van der Waals surface area contributed by atoms with Crippen LogP contribution in [0.25, 0.3) is 0 Å². The Balaban J connectivity index is 1.54. The molecule has 0 bridgehead atoms. The molecule has 136 valence electrons. The summed E-state index contributed by atoms with van der Waals surface area (Å²) in [5, 5.41) is 0. The van der Waals surface area contributed by atoms with E-state index >= 15 is 0 Å². The van der Waals surface area contributed by atoms with Gasteiger partial charge in [0.25, 0.3) is 5.91 Å².